The molecule has 0 saturated carbocycles. The Kier molecular flexibility index (Phi) is 5.75. The highest BCUT2D eigenvalue weighted by atomic mass is 16.5. The highest BCUT2D eigenvalue weighted by Gasteiger charge is 2.21. The lowest BCUT2D eigenvalue weighted by Crippen LogP contribution is -2.35. The van der Waals surface area contributed by atoms with Crippen LogP contribution in [-0.4, -0.2) is 28.3 Å². The van der Waals surface area contributed by atoms with E-state index in [-0.39, 0.29) is 17.4 Å². The molecule has 0 saturated heterocycles. The Morgan fingerprint density at radius 2 is 1.84 bits per heavy atom. The maximum Gasteiger partial charge on any atom is 0.355 e. The quantitative estimate of drug-likeness (QED) is 0.646. The van der Waals surface area contributed by atoms with Gasteiger partial charge in [0.15, 0.2) is 11.9 Å². The molecule has 0 unspecified atom stereocenters. The lowest BCUT2D eigenvalue weighted by atomic mass is 10.1. The van der Waals surface area contributed by atoms with E-state index in [0.717, 1.165) is 11.1 Å². The van der Waals surface area contributed by atoms with Crippen molar-refractivity contribution in [3.8, 4) is 0 Å². The van der Waals surface area contributed by atoms with Gasteiger partial charge >= 0.3 is 5.97 Å². The molecule has 1 N–H and O–H groups in total. The van der Waals surface area contributed by atoms with Gasteiger partial charge in [-0.15, -0.1) is 0 Å². The number of amides is 1. The summed E-state index contributed by atoms with van der Waals surface area (Å²) in [5.41, 5.74) is 2.75. The summed E-state index contributed by atoms with van der Waals surface area (Å²) < 4.78 is 6.71. The first kappa shape index (κ1) is 18.4. The number of nitrogens with zero attached hydrogens (tertiary/aromatic N) is 1. The fourth-order valence-electron chi connectivity index (χ4n) is 2.27. The first-order chi connectivity index (χ1) is 11.8. The van der Waals surface area contributed by atoms with E-state index in [2.05, 4.69) is 5.32 Å². The molecule has 0 spiro atoms. The molecule has 1 aromatic carbocycles. The predicted octanol–water partition coefficient (Wildman–Crippen LogP) is 2.40. The molecule has 0 fully saturated rings. The van der Waals surface area contributed by atoms with E-state index in [1.165, 1.54) is 24.5 Å². The van der Waals surface area contributed by atoms with Crippen LogP contribution in [0.5, 0.6) is 0 Å². The third-order valence-electron chi connectivity index (χ3n) is 3.86. The highest BCUT2D eigenvalue weighted by Crippen LogP contribution is 2.11. The molecule has 132 valence electrons. The van der Waals surface area contributed by atoms with Gasteiger partial charge in [-0.1, -0.05) is 29.8 Å². The van der Waals surface area contributed by atoms with Crippen molar-refractivity contribution in [2.45, 2.75) is 33.4 Å². The summed E-state index contributed by atoms with van der Waals surface area (Å²) in [7, 11) is 1.64. The maximum absolute atomic E-state index is 12.2. The number of ketones is 1. The number of hydrogen-bond acceptors (Lipinski definition) is 4. The zero-order valence-electron chi connectivity index (χ0n) is 14.8. The number of hydrogen-bond donors (Lipinski definition) is 1. The molecule has 1 heterocycles. The predicted molar refractivity (Wildman–Crippen MR) is 93.3 cm³/mol. The molecule has 1 aromatic heterocycles. The lowest BCUT2D eigenvalue weighted by molar-refractivity contribution is -0.129. The number of Topliss-reactive ketones (excluding diaryl/α,β-unsaturated/α-hetero) is 1. The summed E-state index contributed by atoms with van der Waals surface area (Å²) in [6.07, 6.45) is 0.620. The van der Waals surface area contributed by atoms with Crippen LogP contribution in [0, 0.1) is 6.92 Å². The molecule has 2 rings (SSSR count). The summed E-state index contributed by atoms with van der Waals surface area (Å²) in [5.74, 6) is -1.17. The van der Waals surface area contributed by atoms with Crippen molar-refractivity contribution in [3.05, 3.63) is 58.9 Å². The maximum atomic E-state index is 12.2. The molecule has 0 aliphatic carbocycles. The molecular formula is C19H22N2O4. The van der Waals surface area contributed by atoms with Gasteiger partial charge in [0.1, 0.15) is 5.69 Å². The minimum absolute atomic E-state index is 0.140. The second-order valence-corrected chi connectivity index (χ2v) is 6.03. The Bertz CT molecular complexity index is 790. The van der Waals surface area contributed by atoms with Crippen LogP contribution in [0.25, 0.3) is 0 Å². The van der Waals surface area contributed by atoms with Gasteiger partial charge in [0, 0.05) is 25.4 Å². The lowest BCUT2D eigenvalue weighted by Gasteiger charge is -2.14. The largest absolute Gasteiger partial charge is 0.448 e. The number of carbonyl (C=O) groups excluding carboxylic acids is 3. The number of nitrogens with one attached hydrogen (secondary N) is 1. The summed E-state index contributed by atoms with van der Waals surface area (Å²) in [5, 5.41) is 2.74. The molecule has 6 heteroatoms. The van der Waals surface area contributed by atoms with Gasteiger partial charge in [-0.2, -0.15) is 0 Å². The van der Waals surface area contributed by atoms with Crippen molar-refractivity contribution in [2.24, 2.45) is 7.05 Å². The van der Waals surface area contributed by atoms with Crippen LogP contribution < -0.4 is 5.32 Å². The molecular weight excluding hydrogens is 320 g/mol. The summed E-state index contributed by atoms with van der Waals surface area (Å²) in [6.45, 7) is 5.29. The Labute approximate surface area is 146 Å². The summed E-state index contributed by atoms with van der Waals surface area (Å²) in [4.78, 5) is 35.7. The van der Waals surface area contributed by atoms with Crippen LogP contribution in [0.15, 0.2) is 36.5 Å². The first-order valence-corrected chi connectivity index (χ1v) is 7.99. The number of carbonyl (C=O) groups is 3. The van der Waals surface area contributed by atoms with Crippen LogP contribution in [0.4, 0.5) is 0 Å². The number of ether oxygens (including phenoxy) is 1. The molecule has 2 aromatic rings. The van der Waals surface area contributed by atoms with E-state index >= 15 is 0 Å². The second-order valence-electron chi connectivity index (χ2n) is 6.03. The van der Waals surface area contributed by atoms with Gasteiger partial charge in [-0.25, -0.2) is 4.79 Å². The van der Waals surface area contributed by atoms with Crippen molar-refractivity contribution >= 4 is 17.7 Å². The third-order valence-corrected chi connectivity index (χ3v) is 3.86. The second kappa shape index (κ2) is 7.79. The van der Waals surface area contributed by atoms with E-state index in [1.807, 2.05) is 31.2 Å². The monoisotopic (exact) mass is 342 g/mol. The summed E-state index contributed by atoms with van der Waals surface area (Å²) in [6, 6.07) is 9.25. The Balaban J connectivity index is 1.92. The van der Waals surface area contributed by atoms with Crippen molar-refractivity contribution < 1.29 is 19.1 Å². The van der Waals surface area contributed by atoms with Gasteiger partial charge in [0.2, 0.25) is 0 Å². The first-order valence-electron chi connectivity index (χ1n) is 7.99. The zero-order chi connectivity index (χ0) is 18.6. The van der Waals surface area contributed by atoms with Crippen LogP contribution in [0.1, 0.15) is 45.8 Å². The number of benzene rings is 1. The van der Waals surface area contributed by atoms with Crippen LogP contribution in [0.2, 0.25) is 0 Å². The number of esters is 1. The van der Waals surface area contributed by atoms with Gasteiger partial charge in [0.25, 0.3) is 5.91 Å². The molecule has 1 amide bonds. The van der Waals surface area contributed by atoms with E-state index < -0.39 is 12.1 Å². The van der Waals surface area contributed by atoms with E-state index in [4.69, 9.17) is 4.74 Å². The Morgan fingerprint density at radius 3 is 2.40 bits per heavy atom. The molecule has 6 nitrogen and oxygen atoms in total. The van der Waals surface area contributed by atoms with Gasteiger partial charge in [-0.3, -0.25) is 9.59 Å². The Morgan fingerprint density at radius 1 is 1.20 bits per heavy atom. The number of aromatic nitrogens is 1. The summed E-state index contributed by atoms with van der Waals surface area (Å²) >= 11 is 0. The van der Waals surface area contributed by atoms with Crippen molar-refractivity contribution in [2.75, 3.05) is 0 Å². The van der Waals surface area contributed by atoms with Gasteiger partial charge in [0.05, 0.1) is 0 Å². The molecule has 25 heavy (non-hydrogen) atoms. The fraction of sp³-hybridized carbons (Fsp3) is 0.316. The van der Waals surface area contributed by atoms with Gasteiger partial charge in [-0.05, 0) is 32.4 Å². The molecule has 0 bridgehead atoms. The molecule has 1 atom stereocenters. The molecule has 0 radical (unpaired) electrons. The minimum Gasteiger partial charge on any atom is -0.448 e. The van der Waals surface area contributed by atoms with Crippen LogP contribution >= 0.6 is 0 Å². The normalized spacial score (nSPS) is 11.7. The van der Waals surface area contributed by atoms with E-state index in [9.17, 15) is 14.4 Å². The molecule has 0 aliphatic heterocycles. The smallest absolute Gasteiger partial charge is 0.355 e. The van der Waals surface area contributed by atoms with E-state index in [1.54, 1.807) is 13.2 Å². The third kappa shape index (κ3) is 4.79. The number of rotatable bonds is 6. The average molecular weight is 342 g/mol. The van der Waals surface area contributed by atoms with Crippen LogP contribution in [-0.2, 0) is 23.1 Å². The van der Waals surface area contributed by atoms with Crippen molar-refractivity contribution in [3.63, 3.8) is 0 Å². The van der Waals surface area contributed by atoms with Gasteiger partial charge < -0.3 is 14.6 Å². The standard InChI is InChI=1S/C19H22N2O4/c1-12-5-7-15(8-6-12)10-20-18(23)14(3)25-19(24)17-9-16(13(2)22)11-21(17)4/h5-9,11,14H,10H2,1-4H3,(H,20,23)/t14-/m0/s1. The Hall–Kier alpha value is -2.89. The van der Waals surface area contributed by atoms with Crippen molar-refractivity contribution in [1.82, 2.24) is 9.88 Å². The van der Waals surface area contributed by atoms with E-state index in [0.29, 0.717) is 12.1 Å². The highest BCUT2D eigenvalue weighted by molar-refractivity contribution is 5.98. The van der Waals surface area contributed by atoms with Crippen molar-refractivity contribution in [1.29, 1.82) is 0 Å². The minimum atomic E-state index is -0.936. The SMILES string of the molecule is CC(=O)c1cc(C(=O)O[C@@H](C)C(=O)NCc2ccc(C)cc2)n(C)c1. The fourth-order valence-corrected chi connectivity index (χ4v) is 2.27. The average Bonchev–Trinajstić information content (AvgIpc) is 2.96. The zero-order valence-corrected chi connectivity index (χ0v) is 14.8. The topological polar surface area (TPSA) is 77.4 Å². The molecule has 0 aliphatic rings. The van der Waals surface area contributed by atoms with Crippen LogP contribution in [0.3, 0.4) is 0 Å². The number of aryl methyl sites for hydroxylation is 2.